The Bertz CT molecular complexity index is 634. The van der Waals surface area contributed by atoms with Gasteiger partial charge in [0.25, 0.3) is 0 Å². The summed E-state index contributed by atoms with van der Waals surface area (Å²) in [7, 11) is 0. The Labute approximate surface area is 119 Å². The van der Waals surface area contributed by atoms with Crippen LogP contribution in [0.3, 0.4) is 0 Å². The minimum absolute atomic E-state index is 0.0139. The van der Waals surface area contributed by atoms with E-state index in [1.807, 2.05) is 30.3 Å². The van der Waals surface area contributed by atoms with Crippen molar-refractivity contribution in [1.82, 2.24) is 5.32 Å². The van der Waals surface area contributed by atoms with Crippen LogP contribution in [0.5, 0.6) is 0 Å². The molecule has 0 unspecified atom stereocenters. The van der Waals surface area contributed by atoms with Gasteiger partial charge in [0.2, 0.25) is 5.91 Å². The molecule has 0 aliphatic rings. The van der Waals surface area contributed by atoms with Crippen LogP contribution in [0.2, 0.25) is 0 Å². The van der Waals surface area contributed by atoms with E-state index in [0.717, 1.165) is 10.9 Å². The number of nitrogens with one attached hydrogen (secondary N) is 1. The van der Waals surface area contributed by atoms with Crippen molar-refractivity contribution in [3.8, 4) is 0 Å². The van der Waals surface area contributed by atoms with Gasteiger partial charge in [-0.3, -0.25) is 9.59 Å². The van der Waals surface area contributed by atoms with Gasteiger partial charge in [0.15, 0.2) is 5.78 Å². The van der Waals surface area contributed by atoms with Crippen LogP contribution in [0.25, 0.3) is 10.8 Å². The van der Waals surface area contributed by atoms with Gasteiger partial charge in [0.05, 0.1) is 6.04 Å². The van der Waals surface area contributed by atoms with Crippen molar-refractivity contribution in [1.29, 1.82) is 0 Å². The third kappa shape index (κ3) is 3.44. The van der Waals surface area contributed by atoms with Crippen molar-refractivity contribution >= 4 is 22.5 Å². The van der Waals surface area contributed by atoms with E-state index in [-0.39, 0.29) is 11.7 Å². The molecule has 0 aliphatic carbocycles. The van der Waals surface area contributed by atoms with Crippen LogP contribution >= 0.6 is 0 Å². The van der Waals surface area contributed by atoms with Gasteiger partial charge in [-0.05, 0) is 29.7 Å². The molecule has 104 valence electrons. The molecule has 1 amide bonds. The molecule has 2 aromatic carbocycles. The predicted octanol–water partition coefficient (Wildman–Crippen LogP) is 2.87. The van der Waals surface area contributed by atoms with E-state index in [2.05, 4.69) is 17.4 Å². The summed E-state index contributed by atoms with van der Waals surface area (Å²) in [6.07, 6.45) is 0.924. The van der Waals surface area contributed by atoms with Crippen LogP contribution in [0.4, 0.5) is 0 Å². The molecular formula is C17H19NO2. The minimum Gasteiger partial charge on any atom is -0.346 e. The summed E-state index contributed by atoms with van der Waals surface area (Å²) < 4.78 is 0. The summed E-state index contributed by atoms with van der Waals surface area (Å²) in [5, 5.41) is 5.10. The van der Waals surface area contributed by atoms with Crippen molar-refractivity contribution in [2.75, 3.05) is 0 Å². The third-order valence-electron chi connectivity index (χ3n) is 3.40. The van der Waals surface area contributed by atoms with Gasteiger partial charge < -0.3 is 5.32 Å². The fourth-order valence-electron chi connectivity index (χ4n) is 2.19. The lowest BCUT2D eigenvalue weighted by Gasteiger charge is -2.16. The Kier molecular flexibility index (Phi) is 4.51. The van der Waals surface area contributed by atoms with Gasteiger partial charge >= 0.3 is 0 Å². The fraction of sp³-hybridized carbons (Fsp3) is 0.294. The number of Topliss-reactive ketones (excluding diaryl/α,β-unsaturated/α-hetero) is 1. The average Bonchev–Trinajstić information content (AvgIpc) is 2.46. The molecular weight excluding hydrogens is 250 g/mol. The zero-order valence-electron chi connectivity index (χ0n) is 11.8. The molecule has 0 radical (unpaired) electrons. The molecule has 0 fully saturated rings. The molecule has 0 aliphatic heterocycles. The van der Waals surface area contributed by atoms with Crippen LogP contribution in [0.15, 0.2) is 42.5 Å². The summed E-state index contributed by atoms with van der Waals surface area (Å²) in [6.45, 7) is 3.30. The van der Waals surface area contributed by atoms with Crippen molar-refractivity contribution < 1.29 is 9.59 Å². The molecule has 0 spiro atoms. The quantitative estimate of drug-likeness (QED) is 0.907. The molecule has 1 atom stereocenters. The maximum absolute atomic E-state index is 11.6. The Hall–Kier alpha value is -2.16. The Morgan fingerprint density at radius 2 is 1.80 bits per heavy atom. The molecule has 0 saturated carbocycles. The second-order valence-corrected chi connectivity index (χ2v) is 4.97. The monoisotopic (exact) mass is 269 g/mol. The smallest absolute Gasteiger partial charge is 0.220 e. The van der Waals surface area contributed by atoms with E-state index >= 15 is 0 Å². The highest BCUT2D eigenvalue weighted by Crippen LogP contribution is 2.16. The first-order valence-corrected chi connectivity index (χ1v) is 6.87. The van der Waals surface area contributed by atoms with Gasteiger partial charge in [-0.25, -0.2) is 0 Å². The first-order chi connectivity index (χ1) is 9.60. The van der Waals surface area contributed by atoms with Gasteiger partial charge in [0, 0.05) is 6.42 Å². The van der Waals surface area contributed by atoms with Crippen LogP contribution in [-0.2, 0) is 16.0 Å². The molecule has 0 bridgehead atoms. The predicted molar refractivity (Wildman–Crippen MR) is 80.6 cm³/mol. The lowest BCUT2D eigenvalue weighted by atomic mass is 10.00. The highest BCUT2D eigenvalue weighted by Gasteiger charge is 2.16. The highest BCUT2D eigenvalue weighted by atomic mass is 16.2. The number of benzene rings is 2. The second-order valence-electron chi connectivity index (χ2n) is 4.97. The van der Waals surface area contributed by atoms with Gasteiger partial charge in [-0.1, -0.05) is 49.4 Å². The van der Waals surface area contributed by atoms with Crippen molar-refractivity contribution in [2.24, 2.45) is 0 Å². The van der Waals surface area contributed by atoms with E-state index < -0.39 is 6.04 Å². The van der Waals surface area contributed by atoms with Crippen molar-refractivity contribution in [2.45, 2.75) is 32.7 Å². The molecule has 3 nitrogen and oxygen atoms in total. The number of carbonyl (C=O) groups is 2. The summed E-state index contributed by atoms with van der Waals surface area (Å²) in [4.78, 5) is 23.1. The van der Waals surface area contributed by atoms with E-state index in [0.29, 0.717) is 12.8 Å². The number of hydrogen-bond acceptors (Lipinski definition) is 2. The summed E-state index contributed by atoms with van der Waals surface area (Å²) in [6, 6.07) is 13.8. The number of amides is 1. The summed E-state index contributed by atoms with van der Waals surface area (Å²) >= 11 is 0. The van der Waals surface area contributed by atoms with E-state index in [1.165, 1.54) is 12.3 Å². The molecule has 3 heteroatoms. The Morgan fingerprint density at radius 3 is 2.45 bits per heavy atom. The maximum Gasteiger partial charge on any atom is 0.220 e. The topological polar surface area (TPSA) is 46.2 Å². The van der Waals surface area contributed by atoms with Crippen LogP contribution in [0.1, 0.15) is 25.8 Å². The summed E-state index contributed by atoms with van der Waals surface area (Å²) in [5.74, 6) is -0.106. The van der Waals surface area contributed by atoms with E-state index in [9.17, 15) is 9.59 Å². The van der Waals surface area contributed by atoms with Gasteiger partial charge in [-0.2, -0.15) is 0 Å². The first kappa shape index (κ1) is 14.3. The zero-order valence-corrected chi connectivity index (χ0v) is 11.8. The molecule has 0 heterocycles. The normalized spacial score (nSPS) is 12.1. The lowest BCUT2D eigenvalue weighted by molar-refractivity contribution is -0.126. The number of fused-ring (bicyclic) bond motifs is 1. The number of hydrogen-bond donors (Lipinski definition) is 1. The molecule has 0 aromatic heterocycles. The number of rotatable bonds is 5. The summed E-state index contributed by atoms with van der Waals surface area (Å²) in [5.41, 5.74) is 1.06. The number of ketones is 1. The van der Waals surface area contributed by atoms with Crippen LogP contribution in [-0.4, -0.2) is 17.7 Å². The van der Waals surface area contributed by atoms with Crippen molar-refractivity contribution in [3.63, 3.8) is 0 Å². The molecule has 0 saturated heterocycles. The maximum atomic E-state index is 11.6. The van der Waals surface area contributed by atoms with Crippen LogP contribution < -0.4 is 5.32 Å². The van der Waals surface area contributed by atoms with Crippen LogP contribution in [0, 0.1) is 0 Å². The molecule has 2 rings (SSSR count). The largest absolute Gasteiger partial charge is 0.346 e. The SMILES string of the molecule is CCC(=O)N[C@H](Cc1ccc2ccccc2c1)C(C)=O. The highest BCUT2D eigenvalue weighted by molar-refractivity contribution is 5.88. The average molecular weight is 269 g/mol. The number of carbonyl (C=O) groups excluding carboxylic acids is 2. The Balaban J connectivity index is 2.19. The van der Waals surface area contributed by atoms with Gasteiger partial charge in [-0.15, -0.1) is 0 Å². The molecule has 20 heavy (non-hydrogen) atoms. The fourth-order valence-corrected chi connectivity index (χ4v) is 2.19. The van der Waals surface area contributed by atoms with Gasteiger partial charge in [0.1, 0.15) is 0 Å². The Morgan fingerprint density at radius 1 is 1.10 bits per heavy atom. The van der Waals surface area contributed by atoms with E-state index in [1.54, 1.807) is 6.92 Å². The third-order valence-corrected chi connectivity index (χ3v) is 3.40. The molecule has 1 N–H and O–H groups in total. The first-order valence-electron chi connectivity index (χ1n) is 6.87. The second kappa shape index (κ2) is 6.33. The zero-order chi connectivity index (χ0) is 14.5. The van der Waals surface area contributed by atoms with Crippen molar-refractivity contribution in [3.05, 3.63) is 48.0 Å². The lowest BCUT2D eigenvalue weighted by Crippen LogP contribution is -2.40. The standard InChI is InChI=1S/C17H19NO2/c1-3-17(20)18-16(12(2)19)11-13-8-9-14-6-4-5-7-15(14)10-13/h4-10,16H,3,11H2,1-2H3,(H,18,20)/t16-/m1/s1. The molecule has 2 aromatic rings. The minimum atomic E-state index is -0.441. The van der Waals surface area contributed by atoms with E-state index in [4.69, 9.17) is 0 Å².